The second-order valence-electron chi connectivity index (χ2n) is 10.1. The number of alkyl halides is 1. The fraction of sp³-hybridized carbons (Fsp3) is 0.320. The van der Waals surface area contributed by atoms with Gasteiger partial charge in [0, 0.05) is 46.4 Å². The van der Waals surface area contributed by atoms with Gasteiger partial charge in [0.25, 0.3) is 6.42 Å². The third-order valence-corrected chi connectivity index (χ3v) is 6.92. The van der Waals surface area contributed by atoms with Gasteiger partial charge in [-0.2, -0.15) is 4.39 Å². The average molecular weight is 496 g/mol. The van der Waals surface area contributed by atoms with Gasteiger partial charge in [0.1, 0.15) is 0 Å². The summed E-state index contributed by atoms with van der Waals surface area (Å²) in [6.07, 6.45) is 1.25. The van der Waals surface area contributed by atoms with Crippen LogP contribution in [-0.4, -0.2) is 28.5 Å². The molecule has 3 heterocycles. The van der Waals surface area contributed by atoms with Gasteiger partial charge in [-0.15, -0.1) is 0 Å². The molecule has 2 aromatic carbocycles. The molecule has 2 aliphatic rings. The summed E-state index contributed by atoms with van der Waals surface area (Å²) in [5, 5.41) is 6.17. The lowest BCUT2D eigenvalue weighted by Crippen LogP contribution is -2.37. The number of anilines is 4. The van der Waals surface area contributed by atoms with Crippen LogP contribution in [0.2, 0.25) is 5.02 Å². The second kappa shape index (κ2) is 7.98. The molecule has 0 radical (unpaired) electrons. The van der Waals surface area contributed by atoms with Crippen molar-refractivity contribution < 1.29 is 9.18 Å². The Morgan fingerprint density at radius 1 is 1.20 bits per heavy atom. The maximum Gasteiger partial charge on any atom is 0.266 e. The number of fused-ring (bicyclic) bond motifs is 2. The summed E-state index contributed by atoms with van der Waals surface area (Å²) in [6.45, 7) is 8.56. The Morgan fingerprint density at radius 2 is 1.94 bits per heavy atom. The second-order valence-corrected chi connectivity index (χ2v) is 10.5. The van der Waals surface area contributed by atoms with E-state index in [1.54, 1.807) is 18.3 Å². The van der Waals surface area contributed by atoms with E-state index in [9.17, 15) is 4.79 Å². The third-order valence-electron chi connectivity index (χ3n) is 6.69. The van der Waals surface area contributed by atoms with Crippen molar-refractivity contribution in [3.05, 3.63) is 70.4 Å². The average Bonchev–Trinajstić information content (AvgIpc) is 3.17. The minimum absolute atomic E-state index is 0.0933. The summed E-state index contributed by atoms with van der Waals surface area (Å²) in [7, 11) is 0. The number of nitrogens with two attached hydrogens (primary N) is 1. The van der Waals surface area contributed by atoms with Gasteiger partial charge in [0.05, 0.1) is 5.41 Å². The van der Waals surface area contributed by atoms with E-state index >= 15 is 4.39 Å². The molecule has 1 amide bonds. The highest BCUT2D eigenvalue weighted by Gasteiger charge is 2.39. The zero-order valence-corrected chi connectivity index (χ0v) is 20.7. The molecule has 35 heavy (non-hydrogen) atoms. The molecule has 1 unspecified atom stereocenters. The highest BCUT2D eigenvalue weighted by atomic mass is 35.5. The van der Waals surface area contributed by atoms with E-state index in [1.807, 2.05) is 43.0 Å². The molecule has 4 N–H and O–H groups in total. The molecule has 2 aliphatic heterocycles. The zero-order valence-electron chi connectivity index (χ0n) is 19.9. The Hall–Kier alpha value is -3.59. The standard InChI is InChI=1S/C25H27ClFN7O/c1-24(2)13-33(19-11-14(26)5-7-17(19)24)20-21(34(28)10-9-29-20)32-23(27)30-15-6-8-16-18(12-15)31-22(35)25(16,3)4/h5-12,23,30H,13,28H2,1-4H3,(H,31,35). The first-order valence-corrected chi connectivity index (χ1v) is 11.7. The maximum absolute atomic E-state index is 15.2. The lowest BCUT2D eigenvalue weighted by Gasteiger charge is -2.22. The minimum atomic E-state index is -1.81. The molecule has 1 aromatic heterocycles. The zero-order chi connectivity index (χ0) is 25.1. The van der Waals surface area contributed by atoms with Gasteiger partial charge >= 0.3 is 0 Å². The summed E-state index contributed by atoms with van der Waals surface area (Å²) in [5.41, 5.74) is 3.36. The SMILES string of the molecule is CC1(C)CN(c2nccn(N)c2=NC(F)Nc2ccc3c(c2)NC(=O)C3(C)C)c2cc(Cl)ccc21. The molecule has 0 saturated heterocycles. The van der Waals surface area contributed by atoms with Crippen LogP contribution in [0.25, 0.3) is 0 Å². The predicted molar refractivity (Wildman–Crippen MR) is 136 cm³/mol. The summed E-state index contributed by atoms with van der Waals surface area (Å²) >= 11 is 6.29. The summed E-state index contributed by atoms with van der Waals surface area (Å²) < 4.78 is 16.5. The van der Waals surface area contributed by atoms with Crippen molar-refractivity contribution in [2.24, 2.45) is 4.99 Å². The highest BCUT2D eigenvalue weighted by molar-refractivity contribution is 6.31. The molecule has 0 aliphatic carbocycles. The first kappa shape index (κ1) is 23.2. The highest BCUT2D eigenvalue weighted by Crippen LogP contribution is 2.44. The van der Waals surface area contributed by atoms with E-state index in [-0.39, 0.29) is 16.8 Å². The number of rotatable bonds is 4. The van der Waals surface area contributed by atoms with E-state index in [1.165, 1.54) is 10.9 Å². The summed E-state index contributed by atoms with van der Waals surface area (Å²) in [4.78, 5) is 22.9. The number of nitrogens with one attached hydrogen (secondary N) is 2. The van der Waals surface area contributed by atoms with Crippen molar-refractivity contribution in [3.8, 4) is 0 Å². The van der Waals surface area contributed by atoms with Gasteiger partial charge < -0.3 is 21.4 Å². The molecule has 0 bridgehead atoms. The minimum Gasteiger partial charge on any atom is -0.338 e. The number of benzene rings is 2. The number of aromatic nitrogens is 2. The number of hydrogen-bond donors (Lipinski definition) is 3. The van der Waals surface area contributed by atoms with Crippen molar-refractivity contribution in [3.63, 3.8) is 0 Å². The van der Waals surface area contributed by atoms with Crippen molar-refractivity contribution in [2.45, 2.75) is 44.9 Å². The summed E-state index contributed by atoms with van der Waals surface area (Å²) in [5.74, 6) is 6.49. The molecular weight excluding hydrogens is 469 g/mol. The first-order valence-electron chi connectivity index (χ1n) is 11.3. The molecule has 5 rings (SSSR count). The van der Waals surface area contributed by atoms with Gasteiger partial charge in [-0.25, -0.2) is 14.7 Å². The fourth-order valence-corrected chi connectivity index (χ4v) is 4.92. The van der Waals surface area contributed by atoms with Gasteiger partial charge in [0.15, 0.2) is 11.3 Å². The summed E-state index contributed by atoms with van der Waals surface area (Å²) in [6, 6.07) is 11.0. The van der Waals surface area contributed by atoms with E-state index in [0.717, 1.165) is 16.8 Å². The van der Waals surface area contributed by atoms with Crippen LogP contribution >= 0.6 is 11.6 Å². The quantitative estimate of drug-likeness (QED) is 0.372. The number of nitrogen functional groups attached to an aromatic ring is 1. The molecule has 1 atom stereocenters. The Balaban J connectivity index is 1.49. The van der Waals surface area contributed by atoms with E-state index < -0.39 is 11.8 Å². The van der Waals surface area contributed by atoms with Gasteiger partial charge in [-0.1, -0.05) is 37.6 Å². The number of carbonyl (C=O) groups excluding carboxylic acids is 1. The molecule has 8 nitrogen and oxygen atoms in total. The van der Waals surface area contributed by atoms with Crippen LogP contribution in [0.3, 0.4) is 0 Å². The van der Waals surface area contributed by atoms with Crippen LogP contribution in [0, 0.1) is 0 Å². The first-order chi connectivity index (χ1) is 16.5. The molecule has 10 heteroatoms. The van der Waals surface area contributed by atoms with Crippen molar-refractivity contribution in [2.75, 3.05) is 27.9 Å². The van der Waals surface area contributed by atoms with Crippen molar-refractivity contribution in [1.29, 1.82) is 0 Å². The Morgan fingerprint density at radius 3 is 2.71 bits per heavy atom. The van der Waals surface area contributed by atoms with Gasteiger partial charge in [0.2, 0.25) is 5.91 Å². The van der Waals surface area contributed by atoms with E-state index in [0.29, 0.717) is 28.8 Å². The molecule has 0 fully saturated rings. The molecule has 0 saturated carbocycles. The van der Waals surface area contributed by atoms with Crippen LogP contribution in [-0.2, 0) is 15.6 Å². The monoisotopic (exact) mass is 495 g/mol. The van der Waals surface area contributed by atoms with Crippen LogP contribution in [0.5, 0.6) is 0 Å². The lowest BCUT2D eigenvalue weighted by atomic mass is 9.86. The Bertz CT molecular complexity index is 1420. The maximum atomic E-state index is 15.2. The number of halogens is 2. The van der Waals surface area contributed by atoms with Crippen molar-refractivity contribution >= 4 is 40.4 Å². The predicted octanol–water partition coefficient (Wildman–Crippen LogP) is 4.18. The fourth-order valence-electron chi connectivity index (χ4n) is 4.75. The normalized spacial score (nSPS) is 18.7. The third kappa shape index (κ3) is 3.89. The molecule has 182 valence electrons. The molecular formula is C25H27ClFN7O. The van der Waals surface area contributed by atoms with Crippen LogP contribution in [0.15, 0.2) is 53.8 Å². The Kier molecular flexibility index (Phi) is 5.28. The number of carbonyl (C=O) groups is 1. The van der Waals surface area contributed by atoms with Crippen LogP contribution < -0.4 is 26.9 Å². The molecule has 0 spiro atoms. The van der Waals surface area contributed by atoms with Crippen LogP contribution in [0.1, 0.15) is 38.8 Å². The van der Waals surface area contributed by atoms with E-state index in [2.05, 4.69) is 34.5 Å². The topological polar surface area (TPSA) is 101 Å². The van der Waals surface area contributed by atoms with Gasteiger partial charge in [-0.05, 0) is 49.2 Å². The smallest absolute Gasteiger partial charge is 0.266 e. The number of nitrogens with zero attached hydrogens (tertiary/aromatic N) is 4. The van der Waals surface area contributed by atoms with Crippen molar-refractivity contribution in [1.82, 2.24) is 9.66 Å². The Labute approximate surface area is 207 Å². The van der Waals surface area contributed by atoms with E-state index in [4.69, 9.17) is 17.4 Å². The lowest BCUT2D eigenvalue weighted by molar-refractivity contribution is -0.119. The molecule has 3 aromatic rings. The number of hydrogen-bond acceptors (Lipinski definition) is 6. The van der Waals surface area contributed by atoms with Crippen LogP contribution in [0.4, 0.5) is 27.3 Å². The van der Waals surface area contributed by atoms with Gasteiger partial charge in [-0.3, -0.25) is 4.79 Å². The largest absolute Gasteiger partial charge is 0.338 e. The number of amides is 1.